The molecule has 1 aliphatic rings. The van der Waals surface area contributed by atoms with E-state index in [1.165, 1.54) is 0 Å². The summed E-state index contributed by atoms with van der Waals surface area (Å²) in [5.74, 6) is 0.792. The molecule has 1 aliphatic carbocycles. The van der Waals surface area contributed by atoms with Crippen molar-refractivity contribution >= 4 is 17.4 Å². The predicted molar refractivity (Wildman–Crippen MR) is 66.9 cm³/mol. The number of halogens is 1. The van der Waals surface area contributed by atoms with E-state index in [1.54, 1.807) is 12.1 Å². The number of allylic oxidation sites excluding steroid dienone is 2. The SMILES string of the molecule is CC1CC=C(C(=O)c2ccccc2Cl)CC1. The molecule has 84 valence electrons. The molecule has 1 unspecified atom stereocenters. The lowest BCUT2D eigenvalue weighted by Crippen LogP contribution is -2.10. The van der Waals surface area contributed by atoms with Gasteiger partial charge in [-0.1, -0.05) is 36.7 Å². The molecule has 0 N–H and O–H groups in total. The lowest BCUT2D eigenvalue weighted by atomic mass is 9.87. The molecule has 1 aromatic rings. The molecule has 0 amide bonds. The van der Waals surface area contributed by atoms with Crippen LogP contribution in [0.2, 0.25) is 5.02 Å². The number of benzene rings is 1. The maximum absolute atomic E-state index is 12.2. The second kappa shape index (κ2) is 4.84. The van der Waals surface area contributed by atoms with Gasteiger partial charge >= 0.3 is 0 Å². The Morgan fingerprint density at radius 3 is 2.75 bits per heavy atom. The zero-order valence-electron chi connectivity index (χ0n) is 9.37. The molecule has 0 saturated carbocycles. The second-order valence-corrected chi connectivity index (χ2v) is 4.83. The van der Waals surface area contributed by atoms with Crippen LogP contribution in [0.3, 0.4) is 0 Å². The molecule has 1 nitrogen and oxygen atoms in total. The molecule has 0 bridgehead atoms. The van der Waals surface area contributed by atoms with Gasteiger partial charge in [-0.2, -0.15) is 0 Å². The summed E-state index contributed by atoms with van der Waals surface area (Å²) in [4.78, 5) is 12.2. The summed E-state index contributed by atoms with van der Waals surface area (Å²) < 4.78 is 0. The molecular weight excluding hydrogens is 220 g/mol. The standard InChI is InChI=1S/C14H15ClO/c1-10-6-8-11(9-7-10)14(16)12-4-2-3-5-13(12)15/h2-5,8,10H,6-7,9H2,1H3. The first-order valence-corrected chi connectivity index (χ1v) is 6.04. The Balaban J connectivity index is 2.23. The average Bonchev–Trinajstić information content (AvgIpc) is 2.30. The zero-order valence-corrected chi connectivity index (χ0v) is 10.1. The fraction of sp³-hybridized carbons (Fsp3) is 0.357. The molecule has 0 aliphatic heterocycles. The number of ketones is 1. The van der Waals surface area contributed by atoms with Gasteiger partial charge in [-0.25, -0.2) is 0 Å². The molecule has 0 fully saturated rings. The highest BCUT2D eigenvalue weighted by Gasteiger charge is 2.18. The van der Waals surface area contributed by atoms with Crippen molar-refractivity contribution in [2.45, 2.75) is 26.2 Å². The van der Waals surface area contributed by atoms with E-state index in [2.05, 4.69) is 13.0 Å². The molecule has 0 radical (unpaired) electrons. The number of rotatable bonds is 2. The van der Waals surface area contributed by atoms with Crippen LogP contribution in [-0.4, -0.2) is 5.78 Å². The van der Waals surface area contributed by atoms with Crippen LogP contribution in [0.4, 0.5) is 0 Å². The molecule has 0 saturated heterocycles. The highest BCUT2D eigenvalue weighted by molar-refractivity contribution is 6.34. The summed E-state index contributed by atoms with van der Waals surface area (Å²) >= 11 is 6.02. The third-order valence-electron chi connectivity index (χ3n) is 3.08. The summed E-state index contributed by atoms with van der Waals surface area (Å²) in [7, 11) is 0. The van der Waals surface area contributed by atoms with E-state index in [0.29, 0.717) is 16.5 Å². The molecule has 2 rings (SSSR count). The van der Waals surface area contributed by atoms with Crippen LogP contribution in [0.15, 0.2) is 35.9 Å². The van der Waals surface area contributed by atoms with E-state index < -0.39 is 0 Å². The predicted octanol–water partition coefficient (Wildman–Crippen LogP) is 4.27. The largest absolute Gasteiger partial charge is 0.289 e. The van der Waals surface area contributed by atoms with Crippen molar-refractivity contribution in [3.05, 3.63) is 46.5 Å². The lowest BCUT2D eigenvalue weighted by molar-refractivity contribution is 0.102. The molecule has 16 heavy (non-hydrogen) atoms. The van der Waals surface area contributed by atoms with Crippen LogP contribution in [0.5, 0.6) is 0 Å². The fourth-order valence-electron chi connectivity index (χ4n) is 1.99. The quantitative estimate of drug-likeness (QED) is 0.699. The summed E-state index contributed by atoms with van der Waals surface area (Å²) in [5.41, 5.74) is 1.55. The Bertz CT molecular complexity index is 434. The van der Waals surface area contributed by atoms with Gasteiger partial charge in [-0.15, -0.1) is 0 Å². The van der Waals surface area contributed by atoms with Crippen molar-refractivity contribution in [1.82, 2.24) is 0 Å². The monoisotopic (exact) mass is 234 g/mol. The van der Waals surface area contributed by atoms with Crippen molar-refractivity contribution in [2.75, 3.05) is 0 Å². The Morgan fingerprint density at radius 2 is 2.12 bits per heavy atom. The van der Waals surface area contributed by atoms with Crippen LogP contribution in [-0.2, 0) is 0 Å². The van der Waals surface area contributed by atoms with Gasteiger partial charge in [0, 0.05) is 5.56 Å². The summed E-state index contributed by atoms with van der Waals surface area (Å²) in [6, 6.07) is 7.26. The summed E-state index contributed by atoms with van der Waals surface area (Å²) in [5, 5.41) is 0.548. The third-order valence-corrected chi connectivity index (χ3v) is 3.41. The summed E-state index contributed by atoms with van der Waals surface area (Å²) in [6.45, 7) is 2.22. The van der Waals surface area contributed by atoms with Crippen molar-refractivity contribution in [3.63, 3.8) is 0 Å². The normalized spacial score (nSPS) is 20.4. The maximum atomic E-state index is 12.2. The Morgan fingerprint density at radius 1 is 1.38 bits per heavy atom. The van der Waals surface area contributed by atoms with Crippen molar-refractivity contribution < 1.29 is 4.79 Å². The first-order chi connectivity index (χ1) is 7.68. The topological polar surface area (TPSA) is 17.1 Å². The van der Waals surface area contributed by atoms with Crippen LogP contribution in [0.1, 0.15) is 36.5 Å². The van der Waals surface area contributed by atoms with E-state index in [4.69, 9.17) is 11.6 Å². The molecule has 0 aromatic heterocycles. The molecule has 1 atom stereocenters. The highest BCUT2D eigenvalue weighted by atomic mass is 35.5. The molecule has 2 heteroatoms. The third kappa shape index (κ3) is 2.35. The minimum absolute atomic E-state index is 0.0949. The van der Waals surface area contributed by atoms with E-state index >= 15 is 0 Å². The molecular formula is C14H15ClO. The van der Waals surface area contributed by atoms with Gasteiger partial charge in [0.2, 0.25) is 0 Å². The summed E-state index contributed by atoms with van der Waals surface area (Å²) in [6.07, 6.45) is 5.05. The molecule has 0 heterocycles. The van der Waals surface area contributed by atoms with E-state index in [-0.39, 0.29) is 5.78 Å². The van der Waals surface area contributed by atoms with E-state index in [0.717, 1.165) is 24.8 Å². The van der Waals surface area contributed by atoms with Gasteiger partial charge in [0.1, 0.15) is 0 Å². The molecule has 1 aromatic carbocycles. The highest BCUT2D eigenvalue weighted by Crippen LogP contribution is 2.27. The van der Waals surface area contributed by atoms with Crippen molar-refractivity contribution in [3.8, 4) is 0 Å². The average molecular weight is 235 g/mol. The van der Waals surface area contributed by atoms with Gasteiger partial charge in [0.15, 0.2) is 5.78 Å². The number of hydrogen-bond acceptors (Lipinski definition) is 1. The first kappa shape index (κ1) is 11.4. The Kier molecular flexibility index (Phi) is 3.45. The van der Waals surface area contributed by atoms with Crippen LogP contribution < -0.4 is 0 Å². The van der Waals surface area contributed by atoms with Gasteiger partial charge in [-0.05, 0) is 42.9 Å². The van der Waals surface area contributed by atoms with E-state index in [1.807, 2.05) is 12.1 Å². The van der Waals surface area contributed by atoms with Crippen LogP contribution in [0.25, 0.3) is 0 Å². The fourth-order valence-corrected chi connectivity index (χ4v) is 2.21. The van der Waals surface area contributed by atoms with Gasteiger partial charge in [0.05, 0.1) is 5.02 Å². The minimum atomic E-state index is 0.0949. The maximum Gasteiger partial charge on any atom is 0.190 e. The van der Waals surface area contributed by atoms with Gasteiger partial charge in [0.25, 0.3) is 0 Å². The van der Waals surface area contributed by atoms with Gasteiger partial charge in [-0.3, -0.25) is 4.79 Å². The van der Waals surface area contributed by atoms with Crippen molar-refractivity contribution in [2.24, 2.45) is 5.92 Å². The minimum Gasteiger partial charge on any atom is -0.289 e. The number of Topliss-reactive ketones (excluding diaryl/α,β-unsaturated/α-hetero) is 1. The van der Waals surface area contributed by atoms with Crippen molar-refractivity contribution in [1.29, 1.82) is 0 Å². The zero-order chi connectivity index (χ0) is 11.5. The smallest absolute Gasteiger partial charge is 0.190 e. The van der Waals surface area contributed by atoms with Crippen LogP contribution in [0, 0.1) is 5.92 Å². The molecule has 0 spiro atoms. The number of carbonyl (C=O) groups is 1. The lowest BCUT2D eigenvalue weighted by Gasteiger charge is -2.17. The van der Waals surface area contributed by atoms with E-state index in [9.17, 15) is 4.79 Å². The second-order valence-electron chi connectivity index (χ2n) is 4.42. The number of carbonyl (C=O) groups excluding carboxylic acids is 1. The number of hydrogen-bond donors (Lipinski definition) is 0. The van der Waals surface area contributed by atoms with Crippen LogP contribution >= 0.6 is 11.6 Å². The Labute approximate surface area is 101 Å². The first-order valence-electron chi connectivity index (χ1n) is 5.66. The van der Waals surface area contributed by atoms with Gasteiger partial charge < -0.3 is 0 Å². The Hall–Kier alpha value is -1.08.